The molecule has 0 aromatic carbocycles. The SMILES string of the molecule is CC(=O)N(C1O[C@H](CO)[C@H](O)[C@H](O)[C@H]1N)[C@H](C(=O)O)[C@@H](C)O. The molecular formula is C12H22N2O8. The number of carboxylic acid groups (broad SMARTS) is 1. The predicted octanol–water partition coefficient (Wildman–Crippen LogP) is -3.56. The molecule has 0 aliphatic carbocycles. The summed E-state index contributed by atoms with van der Waals surface area (Å²) in [6, 6.07) is -2.97. The number of carboxylic acids is 1. The lowest BCUT2D eigenvalue weighted by Gasteiger charge is -2.46. The highest BCUT2D eigenvalue weighted by Crippen LogP contribution is 2.25. The van der Waals surface area contributed by atoms with E-state index in [0.29, 0.717) is 4.90 Å². The van der Waals surface area contributed by atoms with Gasteiger partial charge in [0.2, 0.25) is 5.91 Å². The topological polar surface area (TPSA) is 174 Å². The van der Waals surface area contributed by atoms with Gasteiger partial charge in [0, 0.05) is 6.92 Å². The zero-order valence-corrected chi connectivity index (χ0v) is 12.2. The Bertz CT molecular complexity index is 416. The van der Waals surface area contributed by atoms with Crippen LogP contribution in [0.1, 0.15) is 13.8 Å². The van der Waals surface area contributed by atoms with Gasteiger partial charge in [-0.2, -0.15) is 0 Å². The van der Waals surface area contributed by atoms with Crippen LogP contribution in [0.3, 0.4) is 0 Å². The Kier molecular flexibility index (Phi) is 6.23. The average Bonchev–Trinajstić information content (AvgIpc) is 2.42. The van der Waals surface area contributed by atoms with Gasteiger partial charge in [-0.25, -0.2) is 4.79 Å². The summed E-state index contributed by atoms with van der Waals surface area (Å²) < 4.78 is 5.28. The number of ether oxygens (including phenoxy) is 1. The molecule has 1 aliphatic rings. The highest BCUT2D eigenvalue weighted by Gasteiger charge is 2.49. The van der Waals surface area contributed by atoms with Gasteiger partial charge in [0.05, 0.1) is 18.8 Å². The molecule has 0 aromatic rings. The van der Waals surface area contributed by atoms with Crippen LogP contribution in [0.5, 0.6) is 0 Å². The average molecular weight is 322 g/mol. The fraction of sp³-hybridized carbons (Fsp3) is 0.833. The van der Waals surface area contributed by atoms with Crippen LogP contribution in [0.25, 0.3) is 0 Å². The molecule has 1 unspecified atom stereocenters. The van der Waals surface area contributed by atoms with Crippen molar-refractivity contribution in [2.45, 2.75) is 56.6 Å². The number of nitrogens with zero attached hydrogens (tertiary/aromatic N) is 1. The van der Waals surface area contributed by atoms with Crippen LogP contribution >= 0.6 is 0 Å². The predicted molar refractivity (Wildman–Crippen MR) is 71.4 cm³/mol. The molecule has 1 saturated heterocycles. The summed E-state index contributed by atoms with van der Waals surface area (Å²) in [7, 11) is 0. The van der Waals surface area contributed by atoms with E-state index in [1.165, 1.54) is 6.92 Å². The summed E-state index contributed by atoms with van der Waals surface area (Å²) in [5, 5.41) is 47.6. The van der Waals surface area contributed by atoms with E-state index in [0.717, 1.165) is 6.92 Å². The largest absolute Gasteiger partial charge is 0.480 e. The second-order valence-electron chi connectivity index (χ2n) is 5.26. The molecule has 1 fully saturated rings. The fourth-order valence-corrected chi connectivity index (χ4v) is 2.46. The zero-order valence-electron chi connectivity index (χ0n) is 12.2. The molecule has 10 nitrogen and oxygen atoms in total. The van der Waals surface area contributed by atoms with E-state index < -0.39 is 61.2 Å². The molecule has 7 atom stereocenters. The van der Waals surface area contributed by atoms with Crippen molar-refractivity contribution in [2.75, 3.05) is 6.61 Å². The number of aliphatic carboxylic acids is 1. The molecule has 1 amide bonds. The molecule has 0 saturated carbocycles. The number of carbonyl (C=O) groups is 2. The zero-order chi connectivity index (χ0) is 17.2. The van der Waals surface area contributed by atoms with E-state index >= 15 is 0 Å². The minimum atomic E-state index is -1.66. The molecule has 0 aromatic heterocycles. The van der Waals surface area contributed by atoms with Gasteiger partial charge in [-0.1, -0.05) is 0 Å². The van der Waals surface area contributed by atoms with Crippen LogP contribution in [0.15, 0.2) is 0 Å². The van der Waals surface area contributed by atoms with Crippen molar-refractivity contribution >= 4 is 11.9 Å². The Balaban J connectivity index is 3.19. The second-order valence-corrected chi connectivity index (χ2v) is 5.26. The first-order valence-corrected chi connectivity index (χ1v) is 6.71. The normalized spacial score (nSPS) is 34.8. The monoisotopic (exact) mass is 322 g/mol. The first-order chi connectivity index (χ1) is 10.1. The van der Waals surface area contributed by atoms with Crippen molar-refractivity contribution in [1.82, 2.24) is 4.90 Å². The van der Waals surface area contributed by atoms with Crippen LogP contribution in [-0.4, -0.2) is 91.6 Å². The van der Waals surface area contributed by atoms with Gasteiger partial charge in [-0.15, -0.1) is 0 Å². The summed E-state index contributed by atoms with van der Waals surface area (Å²) in [6.07, 6.45) is -7.14. The Morgan fingerprint density at radius 2 is 1.86 bits per heavy atom. The summed E-state index contributed by atoms with van der Waals surface area (Å²) in [5.41, 5.74) is 5.72. The van der Waals surface area contributed by atoms with E-state index in [1.807, 2.05) is 0 Å². The van der Waals surface area contributed by atoms with Gasteiger partial charge >= 0.3 is 5.97 Å². The molecule has 0 spiro atoms. The van der Waals surface area contributed by atoms with Crippen molar-refractivity contribution in [1.29, 1.82) is 0 Å². The van der Waals surface area contributed by atoms with Crippen molar-refractivity contribution in [3.05, 3.63) is 0 Å². The number of hydrogen-bond acceptors (Lipinski definition) is 8. The number of hydrogen-bond donors (Lipinski definition) is 6. The van der Waals surface area contributed by atoms with Gasteiger partial charge < -0.3 is 36.0 Å². The molecule has 22 heavy (non-hydrogen) atoms. The number of carbonyl (C=O) groups excluding carboxylic acids is 1. The lowest BCUT2D eigenvalue weighted by atomic mass is 9.95. The summed E-state index contributed by atoms with van der Waals surface area (Å²) in [6.45, 7) is 1.57. The highest BCUT2D eigenvalue weighted by molar-refractivity contribution is 5.83. The van der Waals surface area contributed by atoms with Crippen LogP contribution in [-0.2, 0) is 14.3 Å². The molecule has 1 aliphatic heterocycles. The molecule has 128 valence electrons. The van der Waals surface area contributed by atoms with Crippen LogP contribution in [0.2, 0.25) is 0 Å². The third-order valence-electron chi connectivity index (χ3n) is 3.60. The first-order valence-electron chi connectivity index (χ1n) is 6.71. The Morgan fingerprint density at radius 3 is 2.23 bits per heavy atom. The maximum atomic E-state index is 11.8. The minimum absolute atomic E-state index is 0.667. The molecule has 10 heteroatoms. The molecular weight excluding hydrogens is 300 g/mol. The van der Waals surface area contributed by atoms with Crippen molar-refractivity contribution in [2.24, 2.45) is 5.73 Å². The third-order valence-corrected chi connectivity index (χ3v) is 3.60. The van der Waals surface area contributed by atoms with Gasteiger partial charge in [-0.3, -0.25) is 9.69 Å². The van der Waals surface area contributed by atoms with Gasteiger partial charge in [0.25, 0.3) is 0 Å². The molecule has 0 radical (unpaired) electrons. The minimum Gasteiger partial charge on any atom is -0.480 e. The van der Waals surface area contributed by atoms with Crippen LogP contribution < -0.4 is 5.73 Å². The maximum Gasteiger partial charge on any atom is 0.329 e. The van der Waals surface area contributed by atoms with E-state index in [1.54, 1.807) is 0 Å². The molecule has 1 rings (SSSR count). The van der Waals surface area contributed by atoms with E-state index in [-0.39, 0.29) is 0 Å². The Labute approximate surface area is 126 Å². The fourth-order valence-electron chi connectivity index (χ4n) is 2.46. The second kappa shape index (κ2) is 7.31. The quantitative estimate of drug-likeness (QED) is 0.299. The lowest BCUT2D eigenvalue weighted by Crippen LogP contribution is -2.69. The number of amides is 1. The van der Waals surface area contributed by atoms with Crippen LogP contribution in [0, 0.1) is 0 Å². The number of nitrogens with two attached hydrogens (primary N) is 1. The highest BCUT2D eigenvalue weighted by atomic mass is 16.5. The van der Waals surface area contributed by atoms with Crippen molar-refractivity contribution < 1.29 is 39.9 Å². The molecule has 7 N–H and O–H groups in total. The van der Waals surface area contributed by atoms with Crippen LogP contribution in [0.4, 0.5) is 0 Å². The Hall–Kier alpha value is -1.30. The van der Waals surface area contributed by atoms with E-state index in [4.69, 9.17) is 15.6 Å². The molecule has 1 heterocycles. The first kappa shape index (κ1) is 18.7. The third kappa shape index (κ3) is 3.54. The summed E-state index contributed by atoms with van der Waals surface area (Å²) in [4.78, 5) is 23.8. The van der Waals surface area contributed by atoms with Crippen molar-refractivity contribution in [3.8, 4) is 0 Å². The molecule has 0 bridgehead atoms. The summed E-state index contributed by atoms with van der Waals surface area (Å²) >= 11 is 0. The summed E-state index contributed by atoms with van der Waals surface area (Å²) in [5.74, 6) is -2.24. The number of rotatable bonds is 5. The maximum absolute atomic E-state index is 11.8. The van der Waals surface area contributed by atoms with Gasteiger partial charge in [0.15, 0.2) is 12.3 Å². The van der Waals surface area contributed by atoms with E-state index in [9.17, 15) is 30.0 Å². The number of aliphatic hydroxyl groups is 4. The lowest BCUT2D eigenvalue weighted by molar-refractivity contribution is -0.235. The Morgan fingerprint density at radius 1 is 1.32 bits per heavy atom. The number of aliphatic hydroxyl groups excluding tert-OH is 4. The van der Waals surface area contributed by atoms with E-state index in [2.05, 4.69) is 0 Å². The smallest absolute Gasteiger partial charge is 0.329 e. The van der Waals surface area contributed by atoms with Crippen molar-refractivity contribution in [3.63, 3.8) is 0 Å². The van der Waals surface area contributed by atoms with Gasteiger partial charge in [0.1, 0.15) is 18.3 Å². The van der Waals surface area contributed by atoms with Gasteiger partial charge in [-0.05, 0) is 6.92 Å². The standard InChI is InChI=1S/C12H22N2O8/c1-4(16)8(12(20)21)14(5(2)17)11-7(13)10(19)9(18)6(3-15)22-11/h4,6-11,15-16,18-19H,3,13H2,1-2H3,(H,20,21)/t4-,6-,7-,8+,9+,10-,11?/m1/s1.